The zero-order chi connectivity index (χ0) is 13.5. The summed E-state index contributed by atoms with van der Waals surface area (Å²) < 4.78 is 1.33. The highest BCUT2D eigenvalue weighted by atomic mass is 32.2. The Labute approximate surface area is 108 Å². The minimum atomic E-state index is -0.886. The first-order valence-electron chi connectivity index (χ1n) is 5.25. The topological polar surface area (TPSA) is 88.4 Å². The number of pyridine rings is 1. The standard InChI is InChI=1S/C11H14N2O4S/c1-13-5-2-3-8(11(13)17)10(16)12-4-6-18-7-9(14)15/h2-3,5H,4,6-7H2,1H3,(H,12,16)(H,14,15). The molecule has 0 aromatic carbocycles. The number of carbonyl (C=O) groups excluding carboxylic acids is 1. The van der Waals surface area contributed by atoms with E-state index in [1.165, 1.54) is 22.4 Å². The van der Waals surface area contributed by atoms with Gasteiger partial charge < -0.3 is 15.0 Å². The molecule has 0 unspecified atom stereocenters. The van der Waals surface area contributed by atoms with Crippen LogP contribution in [0.4, 0.5) is 0 Å². The van der Waals surface area contributed by atoms with Crippen LogP contribution in [-0.2, 0) is 11.8 Å². The van der Waals surface area contributed by atoms with E-state index in [-0.39, 0.29) is 16.9 Å². The SMILES string of the molecule is Cn1cccc(C(=O)NCCSCC(=O)O)c1=O. The third-order valence-corrected chi connectivity index (χ3v) is 3.07. The number of carbonyl (C=O) groups is 2. The Kier molecular flexibility index (Phi) is 5.44. The number of aromatic nitrogens is 1. The molecule has 0 atom stereocenters. The van der Waals surface area contributed by atoms with E-state index in [1.807, 2.05) is 0 Å². The highest BCUT2D eigenvalue weighted by Crippen LogP contribution is 1.97. The molecule has 0 saturated carbocycles. The van der Waals surface area contributed by atoms with Gasteiger partial charge in [-0.05, 0) is 12.1 Å². The number of aryl methyl sites for hydroxylation is 1. The van der Waals surface area contributed by atoms with Crippen molar-refractivity contribution < 1.29 is 14.7 Å². The number of carboxylic acids is 1. The second kappa shape index (κ2) is 6.85. The van der Waals surface area contributed by atoms with Gasteiger partial charge in [0.2, 0.25) is 0 Å². The molecule has 0 spiro atoms. The number of nitrogens with one attached hydrogen (secondary N) is 1. The lowest BCUT2D eigenvalue weighted by Crippen LogP contribution is -2.33. The molecule has 1 aromatic rings. The predicted octanol–water partition coefficient (Wildman–Crippen LogP) is -0.0671. The lowest BCUT2D eigenvalue weighted by molar-refractivity contribution is -0.133. The Morgan fingerprint density at radius 1 is 1.50 bits per heavy atom. The minimum absolute atomic E-state index is 0.00295. The number of hydrogen-bond acceptors (Lipinski definition) is 4. The van der Waals surface area contributed by atoms with Gasteiger partial charge >= 0.3 is 5.97 Å². The van der Waals surface area contributed by atoms with Crippen LogP contribution in [0.2, 0.25) is 0 Å². The Morgan fingerprint density at radius 3 is 2.89 bits per heavy atom. The van der Waals surface area contributed by atoms with Crippen LogP contribution in [-0.4, -0.2) is 39.6 Å². The van der Waals surface area contributed by atoms with Crippen molar-refractivity contribution in [3.63, 3.8) is 0 Å². The van der Waals surface area contributed by atoms with Crippen molar-refractivity contribution in [3.8, 4) is 0 Å². The number of rotatable bonds is 6. The van der Waals surface area contributed by atoms with Crippen LogP contribution in [0.1, 0.15) is 10.4 Å². The minimum Gasteiger partial charge on any atom is -0.481 e. The Hall–Kier alpha value is -1.76. The third kappa shape index (κ3) is 4.25. The van der Waals surface area contributed by atoms with E-state index in [2.05, 4.69) is 5.32 Å². The second-order valence-corrected chi connectivity index (χ2v) is 4.65. The summed E-state index contributed by atoms with van der Waals surface area (Å²) in [6.45, 7) is 0.328. The van der Waals surface area contributed by atoms with Gasteiger partial charge in [0.25, 0.3) is 11.5 Å². The molecular formula is C11H14N2O4S. The number of thioether (sulfide) groups is 1. The number of aliphatic carboxylic acids is 1. The molecule has 0 radical (unpaired) electrons. The summed E-state index contributed by atoms with van der Waals surface area (Å²) in [7, 11) is 1.57. The fraction of sp³-hybridized carbons (Fsp3) is 0.364. The number of nitrogens with zero attached hydrogens (tertiary/aromatic N) is 1. The summed E-state index contributed by atoms with van der Waals surface area (Å²) in [5.74, 6) is -0.830. The average Bonchev–Trinajstić information content (AvgIpc) is 2.31. The number of amides is 1. The molecule has 98 valence electrons. The molecule has 1 aromatic heterocycles. The summed E-state index contributed by atoms with van der Waals surface area (Å²) in [5, 5.41) is 11.0. The highest BCUT2D eigenvalue weighted by molar-refractivity contribution is 7.99. The van der Waals surface area contributed by atoms with Crippen LogP contribution in [0.3, 0.4) is 0 Å². The molecule has 0 saturated heterocycles. The molecule has 1 rings (SSSR count). The quantitative estimate of drug-likeness (QED) is 0.707. The van der Waals surface area contributed by atoms with Crippen molar-refractivity contribution in [3.05, 3.63) is 34.2 Å². The maximum atomic E-state index is 11.7. The molecule has 1 amide bonds. The molecule has 0 aliphatic rings. The molecule has 0 aliphatic carbocycles. The fourth-order valence-electron chi connectivity index (χ4n) is 1.26. The predicted molar refractivity (Wildman–Crippen MR) is 69.0 cm³/mol. The van der Waals surface area contributed by atoms with Gasteiger partial charge in [0.05, 0.1) is 5.75 Å². The van der Waals surface area contributed by atoms with Crippen molar-refractivity contribution in [1.29, 1.82) is 0 Å². The molecule has 6 nitrogen and oxygen atoms in total. The van der Waals surface area contributed by atoms with Crippen molar-refractivity contribution in [2.45, 2.75) is 0 Å². The van der Waals surface area contributed by atoms with E-state index in [1.54, 1.807) is 19.3 Å². The summed E-state index contributed by atoms with van der Waals surface area (Å²) in [5.41, 5.74) is -0.267. The molecule has 0 aliphatic heterocycles. The maximum Gasteiger partial charge on any atom is 0.313 e. The lowest BCUT2D eigenvalue weighted by Gasteiger charge is -2.05. The van der Waals surface area contributed by atoms with Gasteiger partial charge in [-0.2, -0.15) is 0 Å². The molecule has 7 heteroatoms. The molecule has 0 bridgehead atoms. The highest BCUT2D eigenvalue weighted by Gasteiger charge is 2.09. The maximum absolute atomic E-state index is 11.7. The van der Waals surface area contributed by atoms with Crippen molar-refractivity contribution in [1.82, 2.24) is 9.88 Å². The van der Waals surface area contributed by atoms with Gasteiger partial charge in [0.1, 0.15) is 5.56 Å². The number of carboxylic acid groups (broad SMARTS) is 1. The Bertz CT molecular complexity index is 498. The van der Waals surface area contributed by atoms with Gasteiger partial charge in [-0.3, -0.25) is 14.4 Å². The van der Waals surface area contributed by atoms with Gasteiger partial charge in [-0.15, -0.1) is 11.8 Å². The van der Waals surface area contributed by atoms with E-state index in [9.17, 15) is 14.4 Å². The first kappa shape index (κ1) is 14.3. The Balaban J connectivity index is 2.44. The van der Waals surface area contributed by atoms with E-state index in [0.29, 0.717) is 12.3 Å². The van der Waals surface area contributed by atoms with Crippen molar-refractivity contribution in [2.24, 2.45) is 7.05 Å². The first-order chi connectivity index (χ1) is 8.52. The fourth-order valence-corrected chi connectivity index (χ4v) is 1.83. The van der Waals surface area contributed by atoms with Crippen LogP contribution in [0, 0.1) is 0 Å². The third-order valence-electron chi connectivity index (χ3n) is 2.13. The summed E-state index contributed by atoms with van der Waals surface area (Å²) in [6.07, 6.45) is 1.57. The van der Waals surface area contributed by atoms with Gasteiger partial charge in [-0.25, -0.2) is 0 Å². The monoisotopic (exact) mass is 270 g/mol. The van der Waals surface area contributed by atoms with Crippen LogP contribution in [0.25, 0.3) is 0 Å². The smallest absolute Gasteiger partial charge is 0.313 e. The lowest BCUT2D eigenvalue weighted by atomic mass is 10.2. The van der Waals surface area contributed by atoms with Crippen LogP contribution in [0.5, 0.6) is 0 Å². The molecule has 0 fully saturated rings. The van der Waals surface area contributed by atoms with Crippen LogP contribution >= 0.6 is 11.8 Å². The molecule has 1 heterocycles. The number of hydrogen-bond donors (Lipinski definition) is 2. The van der Waals surface area contributed by atoms with E-state index >= 15 is 0 Å². The Morgan fingerprint density at radius 2 is 2.22 bits per heavy atom. The van der Waals surface area contributed by atoms with E-state index in [0.717, 1.165) is 0 Å². The van der Waals surface area contributed by atoms with Crippen molar-refractivity contribution in [2.75, 3.05) is 18.1 Å². The van der Waals surface area contributed by atoms with Crippen LogP contribution < -0.4 is 10.9 Å². The van der Waals surface area contributed by atoms with Gasteiger partial charge in [0.15, 0.2) is 0 Å². The second-order valence-electron chi connectivity index (χ2n) is 3.54. The van der Waals surface area contributed by atoms with E-state index in [4.69, 9.17) is 5.11 Å². The zero-order valence-electron chi connectivity index (χ0n) is 9.88. The van der Waals surface area contributed by atoms with Crippen LogP contribution in [0.15, 0.2) is 23.1 Å². The largest absolute Gasteiger partial charge is 0.481 e. The summed E-state index contributed by atoms with van der Waals surface area (Å²) in [4.78, 5) is 33.5. The zero-order valence-corrected chi connectivity index (χ0v) is 10.7. The first-order valence-corrected chi connectivity index (χ1v) is 6.41. The average molecular weight is 270 g/mol. The summed E-state index contributed by atoms with van der Waals surface area (Å²) in [6, 6.07) is 3.08. The molecular weight excluding hydrogens is 256 g/mol. The molecule has 2 N–H and O–H groups in total. The summed E-state index contributed by atoms with van der Waals surface area (Å²) >= 11 is 1.21. The van der Waals surface area contributed by atoms with Crippen molar-refractivity contribution >= 4 is 23.6 Å². The van der Waals surface area contributed by atoms with Gasteiger partial charge in [-0.1, -0.05) is 0 Å². The van der Waals surface area contributed by atoms with E-state index < -0.39 is 11.9 Å². The molecule has 18 heavy (non-hydrogen) atoms. The normalized spacial score (nSPS) is 10.1. The van der Waals surface area contributed by atoms with Gasteiger partial charge in [0, 0.05) is 25.5 Å².